The average molecular weight is 390 g/mol. The molecule has 1 saturated heterocycles. The summed E-state index contributed by atoms with van der Waals surface area (Å²) in [5.41, 5.74) is 3.04. The van der Waals surface area contributed by atoms with Crippen LogP contribution in [-0.4, -0.2) is 41.7 Å². The number of nitrogens with one attached hydrogen (secondary N) is 1. The molecule has 0 bridgehead atoms. The van der Waals surface area contributed by atoms with Crippen molar-refractivity contribution in [2.45, 2.75) is 25.7 Å². The summed E-state index contributed by atoms with van der Waals surface area (Å²) in [6.45, 7) is 5.12. The SMILES string of the molecule is COc1ccccc1[C@H](C)CNc1cc(-c2ccc(N3CCCC3)nc2)ncn1. The van der Waals surface area contributed by atoms with Crippen molar-refractivity contribution >= 4 is 11.6 Å². The number of anilines is 2. The molecule has 150 valence electrons. The van der Waals surface area contributed by atoms with Crippen molar-refractivity contribution in [2.24, 2.45) is 0 Å². The number of pyridine rings is 1. The number of ether oxygens (including phenoxy) is 1. The molecule has 0 amide bonds. The first-order valence-corrected chi connectivity index (χ1v) is 10.1. The molecule has 3 aromatic rings. The van der Waals surface area contributed by atoms with Gasteiger partial charge in [0.15, 0.2) is 0 Å². The molecule has 3 heterocycles. The van der Waals surface area contributed by atoms with Crippen molar-refractivity contribution in [3.05, 3.63) is 60.6 Å². The Morgan fingerprint density at radius 3 is 2.66 bits per heavy atom. The van der Waals surface area contributed by atoms with E-state index in [0.29, 0.717) is 0 Å². The van der Waals surface area contributed by atoms with E-state index in [1.165, 1.54) is 18.4 Å². The van der Waals surface area contributed by atoms with Gasteiger partial charge >= 0.3 is 0 Å². The van der Waals surface area contributed by atoms with Crippen molar-refractivity contribution in [1.29, 1.82) is 0 Å². The van der Waals surface area contributed by atoms with Gasteiger partial charge in [-0.05, 0) is 36.6 Å². The molecule has 1 N–H and O–H groups in total. The third-order valence-electron chi connectivity index (χ3n) is 5.40. The largest absolute Gasteiger partial charge is 0.496 e. The Morgan fingerprint density at radius 1 is 1.07 bits per heavy atom. The third kappa shape index (κ3) is 4.47. The fourth-order valence-electron chi connectivity index (χ4n) is 3.72. The lowest BCUT2D eigenvalue weighted by Crippen LogP contribution is -2.18. The van der Waals surface area contributed by atoms with Crippen LogP contribution in [0.4, 0.5) is 11.6 Å². The van der Waals surface area contributed by atoms with Gasteiger partial charge in [-0.25, -0.2) is 15.0 Å². The molecule has 1 aliphatic heterocycles. The lowest BCUT2D eigenvalue weighted by Gasteiger charge is -2.17. The second-order valence-electron chi connectivity index (χ2n) is 7.41. The van der Waals surface area contributed by atoms with Crippen LogP contribution in [0.25, 0.3) is 11.3 Å². The first-order chi connectivity index (χ1) is 14.2. The summed E-state index contributed by atoms with van der Waals surface area (Å²) in [6.07, 6.45) is 5.99. The van der Waals surface area contributed by atoms with Gasteiger partial charge < -0.3 is 15.0 Å². The molecule has 1 atom stereocenters. The third-order valence-corrected chi connectivity index (χ3v) is 5.40. The topological polar surface area (TPSA) is 63.2 Å². The summed E-state index contributed by atoms with van der Waals surface area (Å²) in [7, 11) is 1.71. The summed E-state index contributed by atoms with van der Waals surface area (Å²) in [5.74, 6) is 3.05. The van der Waals surface area contributed by atoms with Gasteiger partial charge in [-0.15, -0.1) is 0 Å². The van der Waals surface area contributed by atoms with Crippen LogP contribution in [0.5, 0.6) is 5.75 Å². The first kappa shape index (κ1) is 19.2. The summed E-state index contributed by atoms with van der Waals surface area (Å²) < 4.78 is 5.48. The molecular formula is C23H27N5O. The second kappa shape index (κ2) is 8.90. The molecule has 29 heavy (non-hydrogen) atoms. The molecule has 6 nitrogen and oxygen atoms in total. The number of para-hydroxylation sites is 1. The minimum absolute atomic E-state index is 0.283. The van der Waals surface area contributed by atoms with Crippen LogP contribution in [0.3, 0.4) is 0 Å². The van der Waals surface area contributed by atoms with E-state index in [1.807, 2.05) is 30.5 Å². The van der Waals surface area contributed by atoms with E-state index in [1.54, 1.807) is 13.4 Å². The number of benzene rings is 1. The maximum Gasteiger partial charge on any atom is 0.129 e. The maximum atomic E-state index is 5.48. The summed E-state index contributed by atoms with van der Waals surface area (Å²) >= 11 is 0. The van der Waals surface area contributed by atoms with Gasteiger partial charge in [-0.2, -0.15) is 0 Å². The lowest BCUT2D eigenvalue weighted by molar-refractivity contribution is 0.407. The van der Waals surface area contributed by atoms with Crippen LogP contribution < -0.4 is 15.0 Å². The van der Waals surface area contributed by atoms with Crippen LogP contribution in [0.15, 0.2) is 55.0 Å². The average Bonchev–Trinajstić information content (AvgIpc) is 3.33. The number of aromatic nitrogens is 3. The highest BCUT2D eigenvalue weighted by Gasteiger charge is 2.14. The van der Waals surface area contributed by atoms with E-state index in [-0.39, 0.29) is 5.92 Å². The smallest absolute Gasteiger partial charge is 0.129 e. The summed E-state index contributed by atoms with van der Waals surface area (Å²) in [5, 5.41) is 3.43. The van der Waals surface area contributed by atoms with E-state index >= 15 is 0 Å². The van der Waals surface area contributed by atoms with Crippen LogP contribution >= 0.6 is 0 Å². The standard InChI is InChI=1S/C23H27N5O/c1-17(19-7-3-4-8-21(19)29-2)14-24-22-13-20(26-16-27-22)18-9-10-23(25-15-18)28-11-5-6-12-28/h3-4,7-10,13,15-17H,5-6,11-12,14H2,1-2H3,(H,24,26,27)/t17-/m1/s1. The van der Waals surface area contributed by atoms with E-state index < -0.39 is 0 Å². The van der Waals surface area contributed by atoms with Gasteiger partial charge in [0.25, 0.3) is 0 Å². The molecular weight excluding hydrogens is 362 g/mol. The van der Waals surface area contributed by atoms with Crippen LogP contribution in [0.2, 0.25) is 0 Å². The number of nitrogens with zero attached hydrogens (tertiary/aromatic N) is 4. The molecule has 0 radical (unpaired) electrons. The van der Waals surface area contributed by atoms with E-state index in [4.69, 9.17) is 4.74 Å². The number of hydrogen-bond donors (Lipinski definition) is 1. The molecule has 4 rings (SSSR count). The van der Waals surface area contributed by atoms with Gasteiger partial charge in [-0.1, -0.05) is 25.1 Å². The Kier molecular flexibility index (Phi) is 5.89. The highest BCUT2D eigenvalue weighted by molar-refractivity contribution is 5.62. The van der Waals surface area contributed by atoms with E-state index in [2.05, 4.69) is 50.3 Å². The Bertz CT molecular complexity index is 938. The second-order valence-corrected chi connectivity index (χ2v) is 7.41. The Morgan fingerprint density at radius 2 is 1.90 bits per heavy atom. The zero-order valence-electron chi connectivity index (χ0n) is 17.0. The molecule has 0 aliphatic carbocycles. The van der Waals surface area contributed by atoms with Gasteiger partial charge in [0.05, 0.1) is 12.8 Å². The van der Waals surface area contributed by atoms with Crippen molar-refractivity contribution in [3.63, 3.8) is 0 Å². The first-order valence-electron chi connectivity index (χ1n) is 10.1. The Balaban J connectivity index is 1.43. The fraction of sp³-hybridized carbons (Fsp3) is 0.348. The Labute approximate surface area is 172 Å². The minimum atomic E-state index is 0.283. The van der Waals surface area contributed by atoms with Gasteiger partial charge in [-0.3, -0.25) is 0 Å². The van der Waals surface area contributed by atoms with E-state index in [9.17, 15) is 0 Å². The van der Waals surface area contributed by atoms with Crippen LogP contribution in [0.1, 0.15) is 31.2 Å². The summed E-state index contributed by atoms with van der Waals surface area (Å²) in [4.78, 5) is 15.8. The van der Waals surface area contributed by atoms with Crippen LogP contribution in [-0.2, 0) is 0 Å². The van der Waals surface area contributed by atoms with Crippen molar-refractivity contribution in [1.82, 2.24) is 15.0 Å². The predicted molar refractivity (Wildman–Crippen MR) is 117 cm³/mol. The van der Waals surface area contributed by atoms with Gasteiger partial charge in [0, 0.05) is 43.4 Å². The van der Waals surface area contributed by atoms with Crippen molar-refractivity contribution in [2.75, 3.05) is 37.0 Å². The maximum absolute atomic E-state index is 5.48. The van der Waals surface area contributed by atoms with E-state index in [0.717, 1.165) is 48.3 Å². The Hall–Kier alpha value is -3.15. The molecule has 6 heteroatoms. The summed E-state index contributed by atoms with van der Waals surface area (Å²) in [6, 6.07) is 14.3. The van der Waals surface area contributed by atoms with Gasteiger partial charge in [0.2, 0.25) is 0 Å². The minimum Gasteiger partial charge on any atom is -0.496 e. The number of rotatable bonds is 7. The van der Waals surface area contributed by atoms with Gasteiger partial charge in [0.1, 0.15) is 23.7 Å². The lowest BCUT2D eigenvalue weighted by atomic mass is 10.00. The molecule has 1 aliphatic rings. The van der Waals surface area contributed by atoms with Crippen molar-refractivity contribution in [3.8, 4) is 17.0 Å². The fourth-order valence-corrected chi connectivity index (χ4v) is 3.72. The molecule has 0 spiro atoms. The molecule has 1 fully saturated rings. The normalized spacial score (nSPS) is 14.6. The number of methoxy groups -OCH3 is 1. The molecule has 1 aromatic carbocycles. The number of hydrogen-bond acceptors (Lipinski definition) is 6. The quantitative estimate of drug-likeness (QED) is 0.648. The molecule has 0 unspecified atom stereocenters. The predicted octanol–water partition coefficient (Wildman–Crippen LogP) is 4.36. The highest BCUT2D eigenvalue weighted by atomic mass is 16.5. The molecule has 0 saturated carbocycles. The van der Waals surface area contributed by atoms with Crippen LogP contribution in [0, 0.1) is 0 Å². The van der Waals surface area contributed by atoms with Crippen molar-refractivity contribution < 1.29 is 4.74 Å². The monoisotopic (exact) mass is 389 g/mol. The zero-order chi connectivity index (χ0) is 20.1. The molecule has 2 aromatic heterocycles. The highest BCUT2D eigenvalue weighted by Crippen LogP contribution is 2.27. The zero-order valence-corrected chi connectivity index (χ0v) is 17.0.